The Morgan fingerprint density at radius 2 is 1.57 bits per heavy atom. The van der Waals surface area contributed by atoms with Crippen molar-refractivity contribution in [3.05, 3.63) is 76.8 Å². The van der Waals surface area contributed by atoms with Crippen LogP contribution in [0.15, 0.2) is 60.0 Å². The Balaban J connectivity index is 1.27. The summed E-state index contributed by atoms with van der Waals surface area (Å²) in [7, 11) is 0. The van der Waals surface area contributed by atoms with E-state index in [1.54, 1.807) is 23.5 Å². The number of hydrogen-bond donors (Lipinski definition) is 1. The number of primary amides is 1. The predicted octanol–water partition coefficient (Wildman–Crippen LogP) is 3.23. The summed E-state index contributed by atoms with van der Waals surface area (Å²) in [5, 5.41) is 3.27. The van der Waals surface area contributed by atoms with Crippen molar-refractivity contribution in [2.45, 2.75) is 13.1 Å². The van der Waals surface area contributed by atoms with E-state index >= 15 is 0 Å². The summed E-state index contributed by atoms with van der Waals surface area (Å²) in [4.78, 5) is 20.9. The Hall–Kier alpha value is -2.54. The second-order valence-corrected chi connectivity index (χ2v) is 7.98. The number of rotatable bonds is 6. The first-order valence-corrected chi connectivity index (χ1v) is 10.4. The van der Waals surface area contributed by atoms with E-state index in [9.17, 15) is 4.79 Å². The maximum Gasteiger partial charge on any atom is 0.248 e. The zero-order chi connectivity index (χ0) is 19.3. The standard InChI is InChI=1S/C22H24N4OS/c23-21(27)18-8-6-17(7-9-18)14-25-10-12-26(13-11-25)15-20-16-28-22(24-20)19-4-2-1-3-5-19/h1-9,16H,10-15H2,(H2,23,27). The molecule has 1 aromatic heterocycles. The van der Waals surface area contributed by atoms with E-state index in [2.05, 4.69) is 39.4 Å². The highest BCUT2D eigenvalue weighted by molar-refractivity contribution is 7.13. The number of benzene rings is 2. The van der Waals surface area contributed by atoms with Gasteiger partial charge in [-0.25, -0.2) is 4.98 Å². The Kier molecular flexibility index (Phi) is 5.81. The van der Waals surface area contributed by atoms with E-state index < -0.39 is 0 Å². The van der Waals surface area contributed by atoms with Crippen molar-refractivity contribution < 1.29 is 4.79 Å². The number of hydrogen-bond acceptors (Lipinski definition) is 5. The number of carbonyl (C=O) groups excluding carboxylic acids is 1. The molecule has 6 heteroatoms. The van der Waals surface area contributed by atoms with Gasteiger partial charge in [0.25, 0.3) is 0 Å². The van der Waals surface area contributed by atoms with Crippen LogP contribution in [0.4, 0.5) is 0 Å². The lowest BCUT2D eigenvalue weighted by molar-refractivity contribution is 0.1000. The lowest BCUT2D eigenvalue weighted by atomic mass is 10.1. The number of piperazine rings is 1. The van der Waals surface area contributed by atoms with Crippen LogP contribution >= 0.6 is 11.3 Å². The van der Waals surface area contributed by atoms with E-state index in [0.29, 0.717) is 5.56 Å². The van der Waals surface area contributed by atoms with Crippen molar-refractivity contribution in [2.24, 2.45) is 5.73 Å². The molecule has 4 rings (SSSR count). The molecule has 1 aliphatic rings. The average Bonchev–Trinajstić information content (AvgIpc) is 3.19. The van der Waals surface area contributed by atoms with Crippen LogP contribution in [0.3, 0.4) is 0 Å². The van der Waals surface area contributed by atoms with E-state index in [0.717, 1.165) is 50.0 Å². The largest absolute Gasteiger partial charge is 0.366 e. The topological polar surface area (TPSA) is 62.5 Å². The molecule has 0 spiro atoms. The minimum atomic E-state index is -0.377. The summed E-state index contributed by atoms with van der Waals surface area (Å²) in [6.07, 6.45) is 0. The first kappa shape index (κ1) is 18.8. The Bertz CT molecular complexity index is 915. The third-order valence-electron chi connectivity index (χ3n) is 5.07. The summed E-state index contributed by atoms with van der Waals surface area (Å²) in [5.41, 5.74) is 9.42. The van der Waals surface area contributed by atoms with Gasteiger partial charge in [0, 0.05) is 55.8 Å². The first-order chi connectivity index (χ1) is 13.7. The Labute approximate surface area is 169 Å². The molecule has 2 N–H and O–H groups in total. The molecule has 1 saturated heterocycles. The van der Waals surface area contributed by atoms with Crippen LogP contribution in [0.1, 0.15) is 21.6 Å². The van der Waals surface area contributed by atoms with E-state index in [1.165, 1.54) is 11.1 Å². The van der Waals surface area contributed by atoms with Gasteiger partial charge in [0.05, 0.1) is 5.69 Å². The van der Waals surface area contributed by atoms with Gasteiger partial charge in [0.1, 0.15) is 5.01 Å². The number of nitrogens with two attached hydrogens (primary N) is 1. The molecule has 3 aromatic rings. The molecule has 0 saturated carbocycles. The number of nitrogens with zero attached hydrogens (tertiary/aromatic N) is 3. The summed E-state index contributed by atoms with van der Waals surface area (Å²) in [5.74, 6) is -0.377. The molecular weight excluding hydrogens is 368 g/mol. The number of amides is 1. The predicted molar refractivity (Wildman–Crippen MR) is 113 cm³/mol. The van der Waals surface area contributed by atoms with Crippen LogP contribution in [0.25, 0.3) is 10.6 Å². The maximum atomic E-state index is 11.2. The molecule has 1 fully saturated rings. The van der Waals surface area contributed by atoms with E-state index in [1.807, 2.05) is 18.2 Å². The van der Waals surface area contributed by atoms with Crippen LogP contribution in [0.5, 0.6) is 0 Å². The second kappa shape index (κ2) is 8.65. The van der Waals surface area contributed by atoms with Gasteiger partial charge in [-0.15, -0.1) is 11.3 Å². The highest BCUT2D eigenvalue weighted by Crippen LogP contribution is 2.24. The highest BCUT2D eigenvalue weighted by atomic mass is 32.1. The number of carbonyl (C=O) groups is 1. The van der Waals surface area contributed by atoms with Gasteiger partial charge < -0.3 is 5.73 Å². The zero-order valence-electron chi connectivity index (χ0n) is 15.8. The zero-order valence-corrected chi connectivity index (χ0v) is 16.6. The van der Waals surface area contributed by atoms with Crippen molar-refractivity contribution >= 4 is 17.2 Å². The summed E-state index contributed by atoms with van der Waals surface area (Å²) < 4.78 is 0. The smallest absolute Gasteiger partial charge is 0.248 e. The molecule has 144 valence electrons. The minimum absolute atomic E-state index is 0.377. The fourth-order valence-corrected chi connectivity index (χ4v) is 4.28. The minimum Gasteiger partial charge on any atom is -0.366 e. The van der Waals surface area contributed by atoms with Gasteiger partial charge in [0.2, 0.25) is 5.91 Å². The molecule has 0 radical (unpaired) electrons. The molecule has 2 heterocycles. The van der Waals surface area contributed by atoms with Crippen LogP contribution in [0, 0.1) is 0 Å². The number of aromatic nitrogens is 1. The SMILES string of the molecule is NC(=O)c1ccc(CN2CCN(Cc3csc(-c4ccccc4)n3)CC2)cc1. The van der Waals surface area contributed by atoms with Crippen LogP contribution < -0.4 is 5.73 Å². The maximum absolute atomic E-state index is 11.2. The fraction of sp³-hybridized carbons (Fsp3) is 0.273. The second-order valence-electron chi connectivity index (χ2n) is 7.12. The number of thiazole rings is 1. The molecule has 2 aromatic carbocycles. The van der Waals surface area contributed by atoms with E-state index in [4.69, 9.17) is 10.7 Å². The molecule has 0 bridgehead atoms. The normalized spacial score (nSPS) is 15.6. The monoisotopic (exact) mass is 392 g/mol. The third kappa shape index (κ3) is 4.65. The van der Waals surface area contributed by atoms with Crippen molar-refractivity contribution in [2.75, 3.05) is 26.2 Å². The van der Waals surface area contributed by atoms with Crippen LogP contribution in [-0.2, 0) is 13.1 Å². The molecule has 1 amide bonds. The van der Waals surface area contributed by atoms with Gasteiger partial charge in [-0.1, -0.05) is 42.5 Å². The molecular formula is C22H24N4OS. The van der Waals surface area contributed by atoms with Gasteiger partial charge >= 0.3 is 0 Å². The van der Waals surface area contributed by atoms with Gasteiger partial charge in [-0.05, 0) is 17.7 Å². The quantitative estimate of drug-likeness (QED) is 0.700. The van der Waals surface area contributed by atoms with E-state index in [-0.39, 0.29) is 5.91 Å². The van der Waals surface area contributed by atoms with Crippen molar-refractivity contribution in [3.8, 4) is 10.6 Å². The van der Waals surface area contributed by atoms with Crippen molar-refractivity contribution in [3.63, 3.8) is 0 Å². The van der Waals surface area contributed by atoms with Gasteiger partial charge in [0.15, 0.2) is 0 Å². The molecule has 5 nitrogen and oxygen atoms in total. The lowest BCUT2D eigenvalue weighted by Gasteiger charge is -2.34. The molecule has 0 atom stereocenters. The Morgan fingerprint density at radius 3 is 2.21 bits per heavy atom. The summed E-state index contributed by atoms with van der Waals surface area (Å²) >= 11 is 1.72. The van der Waals surface area contributed by atoms with Crippen molar-refractivity contribution in [1.29, 1.82) is 0 Å². The van der Waals surface area contributed by atoms with Gasteiger partial charge in [-0.3, -0.25) is 14.6 Å². The first-order valence-electron chi connectivity index (χ1n) is 9.51. The highest BCUT2D eigenvalue weighted by Gasteiger charge is 2.18. The lowest BCUT2D eigenvalue weighted by Crippen LogP contribution is -2.45. The van der Waals surface area contributed by atoms with Crippen LogP contribution in [-0.4, -0.2) is 46.9 Å². The summed E-state index contributed by atoms with van der Waals surface area (Å²) in [6.45, 7) is 5.96. The molecule has 0 unspecified atom stereocenters. The molecule has 0 aliphatic carbocycles. The third-order valence-corrected chi connectivity index (χ3v) is 6.01. The van der Waals surface area contributed by atoms with Gasteiger partial charge in [-0.2, -0.15) is 0 Å². The fourth-order valence-electron chi connectivity index (χ4n) is 3.46. The Morgan fingerprint density at radius 1 is 0.929 bits per heavy atom. The molecule has 1 aliphatic heterocycles. The average molecular weight is 393 g/mol. The summed E-state index contributed by atoms with van der Waals surface area (Å²) in [6, 6.07) is 18.0. The van der Waals surface area contributed by atoms with Crippen LogP contribution in [0.2, 0.25) is 0 Å². The van der Waals surface area contributed by atoms with Crippen molar-refractivity contribution in [1.82, 2.24) is 14.8 Å². The molecule has 28 heavy (non-hydrogen) atoms.